The molecule has 0 heterocycles. The fourth-order valence-corrected chi connectivity index (χ4v) is 3.02. The first kappa shape index (κ1) is 12.1. The van der Waals surface area contributed by atoms with Crippen LogP contribution in [0.25, 0.3) is 0 Å². The van der Waals surface area contributed by atoms with Crippen molar-refractivity contribution in [3.63, 3.8) is 0 Å². The molecule has 4 unspecified atom stereocenters. The fourth-order valence-electron chi connectivity index (χ4n) is 3.02. The molecule has 1 rings (SSSR count). The summed E-state index contributed by atoms with van der Waals surface area (Å²) in [6.07, 6.45) is 4.24. The van der Waals surface area contributed by atoms with Gasteiger partial charge >= 0.3 is 0 Å². The zero-order valence-electron chi connectivity index (χ0n) is 10.9. The van der Waals surface area contributed by atoms with E-state index in [1.807, 2.05) is 0 Å². The molecule has 1 saturated carbocycles. The molecule has 0 spiro atoms. The van der Waals surface area contributed by atoms with E-state index in [-0.39, 0.29) is 0 Å². The van der Waals surface area contributed by atoms with Gasteiger partial charge in [-0.05, 0) is 41.9 Å². The standard InChI is InChI=1S/C14H28/c1-7-11(4)8-12(5)14(6)9-13(14)10(2)3/h10-13H,7-9H2,1-6H3. The van der Waals surface area contributed by atoms with Crippen LogP contribution in [0.15, 0.2) is 0 Å². The fraction of sp³-hybridized carbons (Fsp3) is 1.00. The van der Waals surface area contributed by atoms with Gasteiger partial charge in [-0.25, -0.2) is 0 Å². The van der Waals surface area contributed by atoms with Gasteiger partial charge in [-0.15, -0.1) is 0 Å². The summed E-state index contributed by atoms with van der Waals surface area (Å²) in [7, 11) is 0. The molecule has 0 aliphatic heterocycles. The van der Waals surface area contributed by atoms with E-state index in [1.54, 1.807) is 0 Å². The van der Waals surface area contributed by atoms with Gasteiger partial charge in [0.15, 0.2) is 0 Å². The number of hydrogen-bond donors (Lipinski definition) is 0. The topological polar surface area (TPSA) is 0 Å². The number of hydrogen-bond acceptors (Lipinski definition) is 0. The lowest BCUT2D eigenvalue weighted by Gasteiger charge is -2.24. The molecule has 0 radical (unpaired) electrons. The van der Waals surface area contributed by atoms with Crippen molar-refractivity contribution in [3.05, 3.63) is 0 Å². The lowest BCUT2D eigenvalue weighted by molar-refractivity contribution is 0.252. The second kappa shape index (κ2) is 4.24. The van der Waals surface area contributed by atoms with Crippen LogP contribution in [0.1, 0.15) is 60.8 Å². The molecule has 1 aliphatic carbocycles. The molecule has 4 atom stereocenters. The van der Waals surface area contributed by atoms with Gasteiger partial charge in [-0.2, -0.15) is 0 Å². The molecule has 14 heavy (non-hydrogen) atoms. The van der Waals surface area contributed by atoms with Gasteiger partial charge in [0.05, 0.1) is 0 Å². The van der Waals surface area contributed by atoms with Crippen molar-refractivity contribution >= 4 is 0 Å². The second-order valence-corrected chi connectivity index (χ2v) is 6.21. The third-order valence-electron chi connectivity index (χ3n) is 4.73. The Bertz CT molecular complexity index is 182. The maximum Gasteiger partial charge on any atom is -0.0266 e. The van der Waals surface area contributed by atoms with Crippen LogP contribution in [0, 0.1) is 29.1 Å². The highest BCUT2D eigenvalue weighted by atomic mass is 14.6. The molecule has 84 valence electrons. The number of rotatable bonds is 5. The lowest BCUT2D eigenvalue weighted by atomic mass is 9.81. The molecular weight excluding hydrogens is 168 g/mol. The summed E-state index contributed by atoms with van der Waals surface area (Å²) >= 11 is 0. The van der Waals surface area contributed by atoms with Crippen LogP contribution >= 0.6 is 0 Å². The Balaban J connectivity index is 2.43. The largest absolute Gasteiger partial charge is 0.0651 e. The minimum atomic E-state index is 0.678. The highest BCUT2D eigenvalue weighted by molar-refractivity contribution is 5.03. The van der Waals surface area contributed by atoms with Crippen LogP contribution < -0.4 is 0 Å². The van der Waals surface area contributed by atoms with Crippen molar-refractivity contribution < 1.29 is 0 Å². The molecular formula is C14H28. The summed E-state index contributed by atoms with van der Waals surface area (Å²) in [5.41, 5.74) is 0.678. The van der Waals surface area contributed by atoms with Crippen LogP contribution in [0.2, 0.25) is 0 Å². The molecule has 0 nitrogen and oxygen atoms in total. The van der Waals surface area contributed by atoms with Gasteiger partial charge in [0, 0.05) is 0 Å². The molecule has 0 aromatic rings. The summed E-state index contributed by atoms with van der Waals surface area (Å²) in [5, 5.41) is 0. The van der Waals surface area contributed by atoms with Gasteiger partial charge in [0.25, 0.3) is 0 Å². The van der Waals surface area contributed by atoms with Crippen LogP contribution in [0.5, 0.6) is 0 Å². The minimum Gasteiger partial charge on any atom is -0.0651 e. The zero-order chi connectivity index (χ0) is 10.9. The van der Waals surface area contributed by atoms with Crippen LogP contribution in [-0.4, -0.2) is 0 Å². The van der Waals surface area contributed by atoms with Gasteiger partial charge in [0.1, 0.15) is 0 Å². The Kier molecular flexibility index (Phi) is 3.66. The predicted octanol–water partition coefficient (Wildman–Crippen LogP) is 4.74. The molecule has 1 fully saturated rings. The summed E-state index contributed by atoms with van der Waals surface area (Å²) in [5.74, 6) is 3.72. The first-order valence-corrected chi connectivity index (χ1v) is 6.41. The smallest absolute Gasteiger partial charge is 0.0266 e. The third kappa shape index (κ3) is 2.32. The molecule has 0 aromatic carbocycles. The quantitative estimate of drug-likeness (QED) is 0.595. The summed E-state index contributed by atoms with van der Waals surface area (Å²) < 4.78 is 0. The Morgan fingerprint density at radius 2 is 1.79 bits per heavy atom. The van der Waals surface area contributed by atoms with Crippen molar-refractivity contribution in [2.45, 2.75) is 60.8 Å². The molecule has 0 aromatic heterocycles. The van der Waals surface area contributed by atoms with Crippen molar-refractivity contribution in [3.8, 4) is 0 Å². The lowest BCUT2D eigenvalue weighted by Crippen LogP contribution is -2.16. The van der Waals surface area contributed by atoms with Crippen LogP contribution in [0.3, 0.4) is 0 Å². The first-order chi connectivity index (χ1) is 6.41. The maximum atomic E-state index is 2.50. The highest BCUT2D eigenvalue weighted by Gasteiger charge is 2.54. The Hall–Kier alpha value is 0. The third-order valence-corrected chi connectivity index (χ3v) is 4.73. The average molecular weight is 196 g/mol. The summed E-state index contributed by atoms with van der Waals surface area (Å²) in [6.45, 7) is 14.4. The minimum absolute atomic E-state index is 0.678. The summed E-state index contributed by atoms with van der Waals surface area (Å²) in [4.78, 5) is 0. The first-order valence-electron chi connectivity index (χ1n) is 6.41. The van der Waals surface area contributed by atoms with E-state index in [4.69, 9.17) is 0 Å². The predicted molar refractivity (Wildman–Crippen MR) is 64.3 cm³/mol. The van der Waals surface area contributed by atoms with Crippen LogP contribution in [0.4, 0.5) is 0 Å². The molecule has 1 aliphatic rings. The molecule has 0 heteroatoms. The van der Waals surface area contributed by atoms with Gasteiger partial charge in [-0.1, -0.05) is 48.0 Å². The monoisotopic (exact) mass is 196 g/mol. The maximum absolute atomic E-state index is 2.50. The van der Waals surface area contributed by atoms with Crippen LogP contribution in [-0.2, 0) is 0 Å². The van der Waals surface area contributed by atoms with Crippen molar-refractivity contribution in [1.29, 1.82) is 0 Å². The van der Waals surface area contributed by atoms with E-state index in [0.29, 0.717) is 5.41 Å². The Morgan fingerprint density at radius 3 is 2.14 bits per heavy atom. The van der Waals surface area contributed by atoms with E-state index in [0.717, 1.165) is 23.7 Å². The Labute approximate surface area is 90.5 Å². The van der Waals surface area contributed by atoms with Crippen molar-refractivity contribution in [2.75, 3.05) is 0 Å². The normalized spacial score (nSPS) is 35.8. The van der Waals surface area contributed by atoms with E-state index in [1.165, 1.54) is 19.3 Å². The van der Waals surface area contributed by atoms with Gasteiger partial charge in [0.2, 0.25) is 0 Å². The molecule has 0 N–H and O–H groups in total. The Morgan fingerprint density at radius 1 is 1.21 bits per heavy atom. The average Bonchev–Trinajstić information content (AvgIpc) is 2.79. The van der Waals surface area contributed by atoms with E-state index in [2.05, 4.69) is 41.5 Å². The van der Waals surface area contributed by atoms with E-state index >= 15 is 0 Å². The molecule has 0 saturated heterocycles. The molecule has 0 amide bonds. The zero-order valence-corrected chi connectivity index (χ0v) is 10.9. The SMILES string of the molecule is CCC(C)CC(C)C1(C)CC1C(C)C. The van der Waals surface area contributed by atoms with Gasteiger partial charge in [-0.3, -0.25) is 0 Å². The van der Waals surface area contributed by atoms with Crippen molar-refractivity contribution in [2.24, 2.45) is 29.1 Å². The summed E-state index contributed by atoms with van der Waals surface area (Å²) in [6, 6.07) is 0. The van der Waals surface area contributed by atoms with E-state index in [9.17, 15) is 0 Å². The van der Waals surface area contributed by atoms with Crippen molar-refractivity contribution in [1.82, 2.24) is 0 Å². The molecule has 0 bridgehead atoms. The van der Waals surface area contributed by atoms with E-state index < -0.39 is 0 Å². The van der Waals surface area contributed by atoms with Gasteiger partial charge < -0.3 is 0 Å². The second-order valence-electron chi connectivity index (χ2n) is 6.21. The highest BCUT2D eigenvalue weighted by Crippen LogP contribution is 2.61.